The van der Waals surface area contributed by atoms with Gasteiger partial charge >= 0.3 is 0 Å². The van der Waals surface area contributed by atoms with E-state index >= 15 is 0 Å². The third kappa shape index (κ3) is 2.58. The molecular formula is C19H15N3S. The van der Waals surface area contributed by atoms with Crippen LogP contribution in [0.4, 0.5) is 0 Å². The van der Waals surface area contributed by atoms with Crippen molar-refractivity contribution >= 4 is 17.9 Å². The molecule has 23 heavy (non-hydrogen) atoms. The minimum Gasteiger partial charge on any atom is -0.298 e. The highest BCUT2D eigenvalue weighted by Gasteiger charge is 2.10. The molecule has 4 rings (SSSR count). The van der Waals surface area contributed by atoms with Gasteiger partial charge in [-0.1, -0.05) is 72.9 Å². The fourth-order valence-corrected chi connectivity index (χ4v) is 3.03. The van der Waals surface area contributed by atoms with Crippen LogP contribution in [0, 0.1) is 4.64 Å². The molecule has 0 atom stereocenters. The van der Waals surface area contributed by atoms with E-state index in [1.54, 1.807) is 0 Å². The van der Waals surface area contributed by atoms with Crippen molar-refractivity contribution in [1.82, 2.24) is 14.6 Å². The molecule has 0 aliphatic heterocycles. The van der Waals surface area contributed by atoms with Gasteiger partial charge in [0.25, 0.3) is 0 Å². The number of fused-ring (bicyclic) bond motifs is 1. The first-order chi connectivity index (χ1) is 11.3. The largest absolute Gasteiger partial charge is 0.298 e. The van der Waals surface area contributed by atoms with Crippen LogP contribution in [-0.4, -0.2) is 14.6 Å². The molecule has 0 unspecified atom stereocenters. The van der Waals surface area contributed by atoms with E-state index in [-0.39, 0.29) is 0 Å². The molecule has 0 aliphatic carbocycles. The molecule has 0 saturated heterocycles. The quantitative estimate of drug-likeness (QED) is 0.558. The standard InChI is InChI=1S/C19H15N3S/c23-19-16(11-14-7-3-1-4-8-14)12-20-18-17(13-21-22(18)19)15-9-5-2-6-10-15/h1-10,12-13,21H,11H2. The Morgan fingerprint density at radius 2 is 1.65 bits per heavy atom. The predicted octanol–water partition coefficient (Wildman–Crippen LogP) is 4.65. The van der Waals surface area contributed by atoms with Crippen LogP contribution in [0.3, 0.4) is 0 Å². The molecule has 0 fully saturated rings. The van der Waals surface area contributed by atoms with Crippen LogP contribution >= 0.6 is 12.2 Å². The highest BCUT2D eigenvalue weighted by Crippen LogP contribution is 2.23. The van der Waals surface area contributed by atoms with Gasteiger partial charge in [0.2, 0.25) is 0 Å². The topological polar surface area (TPSA) is 33.1 Å². The summed E-state index contributed by atoms with van der Waals surface area (Å²) in [6.07, 6.45) is 4.64. The predicted molar refractivity (Wildman–Crippen MR) is 95.1 cm³/mol. The Labute approximate surface area is 139 Å². The molecule has 0 amide bonds. The van der Waals surface area contributed by atoms with Gasteiger partial charge in [-0.05, 0) is 11.1 Å². The maximum absolute atomic E-state index is 5.65. The number of rotatable bonds is 3. The van der Waals surface area contributed by atoms with Crippen molar-refractivity contribution in [2.24, 2.45) is 0 Å². The van der Waals surface area contributed by atoms with Gasteiger partial charge in [-0.3, -0.25) is 5.10 Å². The van der Waals surface area contributed by atoms with E-state index in [1.165, 1.54) is 5.56 Å². The monoisotopic (exact) mass is 317 g/mol. The van der Waals surface area contributed by atoms with E-state index in [9.17, 15) is 0 Å². The zero-order chi connectivity index (χ0) is 15.6. The molecule has 0 spiro atoms. The second kappa shape index (κ2) is 5.82. The van der Waals surface area contributed by atoms with Gasteiger partial charge in [0.1, 0.15) is 4.64 Å². The number of nitrogens with zero attached hydrogens (tertiary/aromatic N) is 2. The summed E-state index contributed by atoms with van der Waals surface area (Å²) in [4.78, 5) is 4.64. The number of aromatic amines is 1. The van der Waals surface area contributed by atoms with Crippen LogP contribution in [0.2, 0.25) is 0 Å². The van der Waals surface area contributed by atoms with E-state index in [0.29, 0.717) is 0 Å². The third-order valence-corrected chi connectivity index (χ3v) is 4.38. The number of H-pyrrole nitrogens is 1. The summed E-state index contributed by atoms with van der Waals surface area (Å²) in [5.74, 6) is 0. The Morgan fingerprint density at radius 3 is 2.39 bits per heavy atom. The smallest absolute Gasteiger partial charge is 0.162 e. The second-order valence-electron chi connectivity index (χ2n) is 5.46. The highest BCUT2D eigenvalue weighted by molar-refractivity contribution is 7.71. The van der Waals surface area contributed by atoms with Gasteiger partial charge in [0, 0.05) is 29.9 Å². The molecule has 0 bridgehead atoms. The fraction of sp³-hybridized carbons (Fsp3) is 0.0526. The van der Waals surface area contributed by atoms with Crippen molar-refractivity contribution in [3.8, 4) is 11.1 Å². The van der Waals surface area contributed by atoms with E-state index < -0.39 is 0 Å². The van der Waals surface area contributed by atoms with Crippen LogP contribution in [0.1, 0.15) is 11.1 Å². The summed E-state index contributed by atoms with van der Waals surface area (Å²) in [6, 6.07) is 20.5. The summed E-state index contributed by atoms with van der Waals surface area (Å²) in [6.45, 7) is 0. The average Bonchev–Trinajstić information content (AvgIpc) is 3.04. The molecule has 4 aromatic rings. The lowest BCUT2D eigenvalue weighted by Gasteiger charge is -2.04. The molecular weight excluding hydrogens is 302 g/mol. The molecule has 1 N–H and O–H groups in total. The fourth-order valence-electron chi connectivity index (χ4n) is 2.76. The lowest BCUT2D eigenvalue weighted by atomic mass is 10.1. The van der Waals surface area contributed by atoms with E-state index in [4.69, 9.17) is 12.2 Å². The van der Waals surface area contributed by atoms with Crippen molar-refractivity contribution in [2.45, 2.75) is 6.42 Å². The second-order valence-corrected chi connectivity index (χ2v) is 5.85. The van der Waals surface area contributed by atoms with E-state index in [0.717, 1.165) is 33.4 Å². The lowest BCUT2D eigenvalue weighted by Crippen LogP contribution is -1.99. The summed E-state index contributed by atoms with van der Waals surface area (Å²) >= 11 is 5.65. The van der Waals surface area contributed by atoms with Crippen LogP contribution in [0.5, 0.6) is 0 Å². The Hall–Kier alpha value is -2.72. The summed E-state index contributed by atoms with van der Waals surface area (Å²) in [5, 5.41) is 3.23. The SMILES string of the molecule is S=c1c(Cc2ccccc2)cnc2c(-c3ccccc3)c[nH]n12. The van der Waals surface area contributed by atoms with Gasteiger partial charge < -0.3 is 0 Å². The van der Waals surface area contributed by atoms with Gasteiger partial charge in [-0.25, -0.2) is 9.50 Å². The zero-order valence-corrected chi connectivity index (χ0v) is 13.3. The van der Waals surface area contributed by atoms with Crippen LogP contribution in [0.25, 0.3) is 16.8 Å². The Balaban J connectivity index is 1.80. The molecule has 4 heteroatoms. The third-order valence-electron chi connectivity index (χ3n) is 3.93. The number of hydrogen-bond donors (Lipinski definition) is 1. The van der Waals surface area contributed by atoms with Gasteiger partial charge in [-0.2, -0.15) is 0 Å². The highest BCUT2D eigenvalue weighted by atomic mass is 32.1. The molecule has 3 nitrogen and oxygen atoms in total. The lowest BCUT2D eigenvalue weighted by molar-refractivity contribution is 0.900. The van der Waals surface area contributed by atoms with Crippen LogP contribution in [0.15, 0.2) is 73.1 Å². The maximum atomic E-state index is 5.65. The zero-order valence-electron chi connectivity index (χ0n) is 12.4. The summed E-state index contributed by atoms with van der Waals surface area (Å²) < 4.78 is 2.66. The van der Waals surface area contributed by atoms with Crippen molar-refractivity contribution in [2.75, 3.05) is 0 Å². The van der Waals surface area contributed by atoms with Gasteiger partial charge in [-0.15, -0.1) is 0 Å². The first kappa shape index (κ1) is 13.9. The number of aromatic nitrogens is 3. The maximum Gasteiger partial charge on any atom is 0.162 e. The first-order valence-electron chi connectivity index (χ1n) is 7.50. The van der Waals surface area contributed by atoms with Crippen molar-refractivity contribution in [3.63, 3.8) is 0 Å². The summed E-state index contributed by atoms with van der Waals surface area (Å²) in [7, 11) is 0. The first-order valence-corrected chi connectivity index (χ1v) is 7.91. The number of hydrogen-bond acceptors (Lipinski definition) is 2. The molecule has 2 aromatic heterocycles. The Morgan fingerprint density at radius 1 is 0.957 bits per heavy atom. The molecule has 2 heterocycles. The minimum atomic E-state index is 0.779. The minimum absolute atomic E-state index is 0.779. The molecule has 112 valence electrons. The van der Waals surface area contributed by atoms with Crippen LogP contribution in [-0.2, 0) is 6.42 Å². The number of nitrogens with one attached hydrogen (secondary N) is 1. The molecule has 0 radical (unpaired) electrons. The number of benzene rings is 2. The van der Waals surface area contributed by atoms with E-state index in [1.807, 2.05) is 53.3 Å². The van der Waals surface area contributed by atoms with Crippen molar-refractivity contribution in [1.29, 1.82) is 0 Å². The summed E-state index contributed by atoms with van der Waals surface area (Å²) in [5.41, 5.74) is 5.32. The normalized spacial score (nSPS) is 11.0. The molecule has 0 saturated carbocycles. The molecule has 2 aromatic carbocycles. The molecule has 0 aliphatic rings. The van der Waals surface area contributed by atoms with Gasteiger partial charge in [0.15, 0.2) is 5.65 Å². The van der Waals surface area contributed by atoms with Crippen LogP contribution < -0.4 is 0 Å². The van der Waals surface area contributed by atoms with E-state index in [2.05, 4.69) is 34.3 Å². The average molecular weight is 317 g/mol. The van der Waals surface area contributed by atoms with Crippen molar-refractivity contribution < 1.29 is 0 Å². The Kier molecular flexibility index (Phi) is 3.52. The Bertz CT molecular complexity index is 1000. The van der Waals surface area contributed by atoms with Gasteiger partial charge in [0.05, 0.1) is 0 Å². The van der Waals surface area contributed by atoms with Crippen molar-refractivity contribution in [3.05, 3.63) is 88.8 Å².